The van der Waals surface area contributed by atoms with Crippen molar-refractivity contribution in [2.75, 3.05) is 0 Å². The lowest BCUT2D eigenvalue weighted by Gasteiger charge is -2.52. The van der Waals surface area contributed by atoms with Crippen LogP contribution >= 0.6 is 0 Å². The first-order chi connectivity index (χ1) is 10.9. The van der Waals surface area contributed by atoms with Crippen molar-refractivity contribution in [2.24, 2.45) is 28.1 Å². The Morgan fingerprint density at radius 1 is 1.26 bits per heavy atom. The van der Waals surface area contributed by atoms with E-state index in [4.69, 9.17) is 0 Å². The van der Waals surface area contributed by atoms with Crippen LogP contribution in [0, 0.1) is 28.1 Å². The van der Waals surface area contributed by atoms with Crippen molar-refractivity contribution >= 4 is 6.29 Å². The van der Waals surface area contributed by atoms with E-state index in [-0.39, 0.29) is 10.8 Å². The van der Waals surface area contributed by atoms with E-state index in [0.717, 1.165) is 18.8 Å². The number of rotatable bonds is 3. The van der Waals surface area contributed by atoms with Crippen LogP contribution in [0.2, 0.25) is 0 Å². The molecule has 2 unspecified atom stereocenters. The molecule has 0 radical (unpaired) electrons. The van der Waals surface area contributed by atoms with Crippen LogP contribution in [-0.4, -0.2) is 6.29 Å². The SMILES string of the molecule is C=C[C@@]1(C)CC=C2CC(CCC3[C@](C)(CC=O)CCC[C@@]23C)C1. The second-order valence-corrected chi connectivity index (χ2v) is 9.49. The standard InChI is InChI=1S/C22H34O/c1-5-20(2)12-9-18-15-17(16-20)7-8-19-21(3,13-14-23)10-6-11-22(18,19)4/h5,9,14,17,19H,1,6-8,10-13,15-16H2,2-4H3/t17?,19?,20-,21-,22-/m0/s1. The average Bonchev–Trinajstić information content (AvgIpc) is 2.75. The summed E-state index contributed by atoms with van der Waals surface area (Å²) in [5, 5.41) is 0. The zero-order valence-electron chi connectivity index (χ0n) is 15.4. The molecule has 1 nitrogen and oxygen atoms in total. The van der Waals surface area contributed by atoms with Gasteiger partial charge in [-0.2, -0.15) is 0 Å². The van der Waals surface area contributed by atoms with E-state index in [1.807, 2.05) is 0 Å². The third kappa shape index (κ3) is 2.85. The second-order valence-electron chi connectivity index (χ2n) is 9.49. The van der Waals surface area contributed by atoms with Gasteiger partial charge in [-0.15, -0.1) is 6.58 Å². The van der Waals surface area contributed by atoms with Gasteiger partial charge in [0.1, 0.15) is 6.29 Å². The van der Waals surface area contributed by atoms with E-state index in [0.29, 0.717) is 11.3 Å². The predicted molar refractivity (Wildman–Crippen MR) is 97.2 cm³/mol. The van der Waals surface area contributed by atoms with Gasteiger partial charge in [0.05, 0.1) is 0 Å². The predicted octanol–water partition coefficient (Wildman–Crippen LogP) is 6.10. The third-order valence-corrected chi connectivity index (χ3v) is 7.77. The molecule has 1 heteroatoms. The molecule has 23 heavy (non-hydrogen) atoms. The Balaban J connectivity index is 2.00. The number of carbonyl (C=O) groups is 1. The van der Waals surface area contributed by atoms with Crippen molar-refractivity contribution in [1.29, 1.82) is 0 Å². The first-order valence-corrected chi connectivity index (χ1v) is 9.62. The van der Waals surface area contributed by atoms with Gasteiger partial charge in [0.2, 0.25) is 0 Å². The minimum absolute atomic E-state index is 0.212. The molecule has 0 heterocycles. The van der Waals surface area contributed by atoms with Gasteiger partial charge >= 0.3 is 0 Å². The molecule has 0 aliphatic heterocycles. The topological polar surface area (TPSA) is 17.1 Å². The smallest absolute Gasteiger partial charge is 0.120 e. The molecule has 2 fully saturated rings. The van der Waals surface area contributed by atoms with Crippen LogP contribution in [0.25, 0.3) is 0 Å². The molecule has 0 spiro atoms. The number of hydrogen-bond donors (Lipinski definition) is 0. The van der Waals surface area contributed by atoms with E-state index in [9.17, 15) is 4.79 Å². The lowest BCUT2D eigenvalue weighted by molar-refractivity contribution is -0.112. The van der Waals surface area contributed by atoms with Crippen molar-refractivity contribution in [3.05, 3.63) is 24.3 Å². The van der Waals surface area contributed by atoms with Gasteiger partial charge in [0, 0.05) is 6.42 Å². The molecule has 5 atom stereocenters. The van der Waals surface area contributed by atoms with E-state index in [1.54, 1.807) is 5.57 Å². The average molecular weight is 315 g/mol. The molecule has 0 aromatic heterocycles. The van der Waals surface area contributed by atoms with Crippen LogP contribution < -0.4 is 0 Å². The molecular formula is C22H34O. The van der Waals surface area contributed by atoms with Crippen molar-refractivity contribution in [1.82, 2.24) is 0 Å². The van der Waals surface area contributed by atoms with E-state index < -0.39 is 0 Å². The number of fused-ring (bicyclic) bond motifs is 4. The summed E-state index contributed by atoms with van der Waals surface area (Å²) in [4.78, 5) is 11.3. The summed E-state index contributed by atoms with van der Waals surface area (Å²) < 4.78 is 0. The van der Waals surface area contributed by atoms with Gasteiger partial charge in [-0.1, -0.05) is 44.9 Å². The lowest BCUT2D eigenvalue weighted by Crippen LogP contribution is -2.44. The Hall–Kier alpha value is -0.850. The molecule has 128 valence electrons. The summed E-state index contributed by atoms with van der Waals surface area (Å²) in [5.74, 6) is 1.48. The molecule has 2 bridgehead atoms. The highest BCUT2D eigenvalue weighted by Crippen LogP contribution is 2.61. The molecule has 0 amide bonds. The number of hydrogen-bond acceptors (Lipinski definition) is 1. The minimum atomic E-state index is 0.212. The normalized spacial score (nSPS) is 46.8. The summed E-state index contributed by atoms with van der Waals surface area (Å²) in [7, 11) is 0. The molecular weight excluding hydrogens is 280 g/mol. The maximum Gasteiger partial charge on any atom is 0.120 e. The summed E-state index contributed by atoms with van der Waals surface area (Å²) in [6.45, 7) is 11.4. The molecule has 0 aromatic rings. The molecule has 3 aliphatic carbocycles. The fraction of sp³-hybridized carbons (Fsp3) is 0.773. The molecule has 0 N–H and O–H groups in total. The number of aldehydes is 1. The second kappa shape index (κ2) is 5.90. The summed E-state index contributed by atoms with van der Waals surface area (Å²) in [6.07, 6.45) is 16.9. The minimum Gasteiger partial charge on any atom is -0.303 e. The van der Waals surface area contributed by atoms with E-state index in [2.05, 4.69) is 39.5 Å². The van der Waals surface area contributed by atoms with Crippen LogP contribution in [0.4, 0.5) is 0 Å². The maximum atomic E-state index is 11.3. The van der Waals surface area contributed by atoms with Crippen molar-refractivity contribution in [3.8, 4) is 0 Å². The fourth-order valence-corrected chi connectivity index (χ4v) is 6.27. The van der Waals surface area contributed by atoms with Crippen LogP contribution in [0.1, 0.15) is 78.6 Å². The Bertz CT molecular complexity index is 518. The first kappa shape index (κ1) is 17.0. The Morgan fingerprint density at radius 3 is 2.74 bits per heavy atom. The van der Waals surface area contributed by atoms with Crippen molar-refractivity contribution in [3.63, 3.8) is 0 Å². The molecule has 3 rings (SSSR count). The fourth-order valence-electron chi connectivity index (χ4n) is 6.27. The molecule has 0 aromatic carbocycles. The van der Waals surface area contributed by atoms with Gasteiger partial charge in [-0.25, -0.2) is 0 Å². The number of allylic oxidation sites excluding steroid dienone is 3. The van der Waals surface area contributed by atoms with Crippen LogP contribution in [-0.2, 0) is 4.79 Å². The molecule has 0 saturated heterocycles. The Morgan fingerprint density at radius 2 is 2.04 bits per heavy atom. The van der Waals surface area contributed by atoms with Crippen LogP contribution in [0.15, 0.2) is 24.3 Å². The largest absolute Gasteiger partial charge is 0.303 e. The molecule has 3 aliphatic rings. The summed E-state index contributed by atoms with van der Waals surface area (Å²) >= 11 is 0. The van der Waals surface area contributed by atoms with E-state index in [1.165, 1.54) is 51.2 Å². The maximum absolute atomic E-state index is 11.3. The van der Waals surface area contributed by atoms with Gasteiger partial charge < -0.3 is 4.79 Å². The van der Waals surface area contributed by atoms with Crippen molar-refractivity contribution < 1.29 is 4.79 Å². The highest BCUT2D eigenvalue weighted by molar-refractivity contribution is 5.51. The van der Waals surface area contributed by atoms with Crippen LogP contribution in [0.3, 0.4) is 0 Å². The highest BCUT2D eigenvalue weighted by Gasteiger charge is 2.52. The lowest BCUT2D eigenvalue weighted by atomic mass is 9.52. The highest BCUT2D eigenvalue weighted by atomic mass is 16.1. The van der Waals surface area contributed by atoms with Gasteiger partial charge in [-0.3, -0.25) is 0 Å². The zero-order valence-corrected chi connectivity index (χ0v) is 15.4. The Labute approximate surface area is 142 Å². The van der Waals surface area contributed by atoms with Gasteiger partial charge in [0.15, 0.2) is 0 Å². The molecule has 2 saturated carbocycles. The first-order valence-electron chi connectivity index (χ1n) is 9.62. The van der Waals surface area contributed by atoms with E-state index >= 15 is 0 Å². The Kier molecular flexibility index (Phi) is 4.36. The quantitative estimate of drug-likeness (QED) is 0.454. The summed E-state index contributed by atoms with van der Waals surface area (Å²) in [5.41, 5.74) is 2.52. The van der Waals surface area contributed by atoms with Gasteiger partial charge in [0.25, 0.3) is 0 Å². The summed E-state index contributed by atoms with van der Waals surface area (Å²) in [6, 6.07) is 0. The van der Waals surface area contributed by atoms with Crippen molar-refractivity contribution in [2.45, 2.75) is 78.6 Å². The monoisotopic (exact) mass is 314 g/mol. The van der Waals surface area contributed by atoms with Gasteiger partial charge in [-0.05, 0) is 73.0 Å². The number of carbonyl (C=O) groups excluding carboxylic acids is 1. The third-order valence-electron chi connectivity index (χ3n) is 7.77. The zero-order chi connectivity index (χ0) is 16.7. The van der Waals surface area contributed by atoms with Crippen LogP contribution in [0.5, 0.6) is 0 Å².